The summed E-state index contributed by atoms with van der Waals surface area (Å²) in [5.41, 5.74) is 0.249. The number of carbonyl (C=O) groups is 3. The van der Waals surface area contributed by atoms with Gasteiger partial charge in [-0.15, -0.1) is 0 Å². The zero-order valence-corrected chi connectivity index (χ0v) is 13.9. The highest BCUT2D eigenvalue weighted by molar-refractivity contribution is 6.30. The highest BCUT2D eigenvalue weighted by Crippen LogP contribution is 2.23. The summed E-state index contributed by atoms with van der Waals surface area (Å²) in [5, 5.41) is 4.73. The quantitative estimate of drug-likeness (QED) is 0.805. The van der Waals surface area contributed by atoms with Crippen molar-refractivity contribution >= 4 is 40.8 Å². The number of nitrogens with one attached hydrogen (secondary N) is 2. The van der Waals surface area contributed by atoms with Gasteiger partial charge in [-0.2, -0.15) is 0 Å². The van der Waals surface area contributed by atoms with Crippen LogP contribution < -0.4 is 15.5 Å². The topological polar surface area (TPSA) is 78.5 Å². The molecule has 0 bridgehead atoms. The lowest BCUT2D eigenvalue weighted by Gasteiger charge is -2.30. The van der Waals surface area contributed by atoms with E-state index < -0.39 is 35.4 Å². The molecule has 1 atom stereocenters. The number of hydrogen-bond donors (Lipinski definition) is 2. The summed E-state index contributed by atoms with van der Waals surface area (Å²) in [6, 6.07) is 7.64. The second-order valence-electron chi connectivity index (χ2n) is 5.51. The minimum absolute atomic E-state index is 0.105. The van der Waals surface area contributed by atoms with Crippen LogP contribution in [0.2, 0.25) is 5.02 Å². The molecule has 26 heavy (non-hydrogen) atoms. The fraction of sp³-hybridized carbons (Fsp3) is 0.118. The van der Waals surface area contributed by atoms with Crippen LogP contribution in [0, 0.1) is 17.6 Å². The van der Waals surface area contributed by atoms with Crippen LogP contribution in [0.1, 0.15) is 0 Å². The number of anilines is 2. The summed E-state index contributed by atoms with van der Waals surface area (Å²) in [7, 11) is 0. The number of nitrogens with zero attached hydrogens (tertiary/aromatic N) is 1. The molecule has 0 aliphatic carbocycles. The van der Waals surface area contributed by atoms with Crippen molar-refractivity contribution in [3.05, 3.63) is 59.1 Å². The maximum Gasteiger partial charge on any atom is 0.328 e. The predicted molar refractivity (Wildman–Crippen MR) is 90.8 cm³/mol. The van der Waals surface area contributed by atoms with Gasteiger partial charge in [-0.25, -0.2) is 18.5 Å². The molecule has 2 aromatic carbocycles. The van der Waals surface area contributed by atoms with E-state index in [0.717, 1.165) is 23.1 Å². The lowest BCUT2D eigenvalue weighted by molar-refractivity contribution is -0.130. The summed E-state index contributed by atoms with van der Waals surface area (Å²) < 4.78 is 26.5. The Morgan fingerprint density at radius 1 is 1.15 bits per heavy atom. The Balaban J connectivity index is 1.80. The van der Waals surface area contributed by atoms with Gasteiger partial charge in [0.15, 0.2) is 0 Å². The first-order chi connectivity index (χ1) is 12.4. The molecule has 1 fully saturated rings. The van der Waals surface area contributed by atoms with Crippen molar-refractivity contribution in [2.75, 3.05) is 16.8 Å². The minimum atomic E-state index is -1.23. The first-order valence-corrected chi connectivity index (χ1v) is 7.88. The fourth-order valence-electron chi connectivity index (χ4n) is 2.45. The van der Waals surface area contributed by atoms with Gasteiger partial charge >= 0.3 is 6.03 Å². The Morgan fingerprint density at radius 2 is 1.85 bits per heavy atom. The number of rotatable bonds is 3. The molecule has 3 rings (SSSR count). The first-order valence-electron chi connectivity index (χ1n) is 7.50. The van der Waals surface area contributed by atoms with Gasteiger partial charge in [-0.3, -0.25) is 9.59 Å². The number of hydrogen-bond acceptors (Lipinski definition) is 3. The zero-order chi connectivity index (χ0) is 18.8. The molecule has 6 nitrogen and oxygen atoms in total. The van der Waals surface area contributed by atoms with Crippen molar-refractivity contribution in [3.63, 3.8) is 0 Å². The average molecular weight is 380 g/mol. The zero-order valence-electron chi connectivity index (χ0n) is 13.1. The van der Waals surface area contributed by atoms with Gasteiger partial charge < -0.3 is 10.6 Å². The maximum absolute atomic E-state index is 13.5. The standard InChI is InChI=1S/C17H12ClF2N3O3/c18-13-6-3-10(7-14(13)20)22-15(24)12-8-21-17(26)23(16(12)25)11-4-1-9(19)2-5-11/h1-7,12H,8H2,(H,21,26)(H,22,24). The monoisotopic (exact) mass is 379 g/mol. The number of benzene rings is 2. The summed E-state index contributed by atoms with van der Waals surface area (Å²) in [6.07, 6.45) is 0. The van der Waals surface area contributed by atoms with Crippen LogP contribution >= 0.6 is 11.6 Å². The Hall–Kier alpha value is -3.00. The van der Waals surface area contributed by atoms with Crippen molar-refractivity contribution < 1.29 is 23.2 Å². The van der Waals surface area contributed by atoms with Gasteiger partial charge in [0.05, 0.1) is 10.7 Å². The molecular formula is C17H12ClF2N3O3. The number of halogens is 3. The molecule has 0 saturated carbocycles. The molecule has 4 amide bonds. The predicted octanol–water partition coefficient (Wildman–Crippen LogP) is 2.93. The summed E-state index contributed by atoms with van der Waals surface area (Å²) in [5.74, 6) is -3.97. The Kier molecular flexibility index (Phi) is 4.85. The minimum Gasteiger partial charge on any atom is -0.336 e. The molecule has 1 saturated heterocycles. The van der Waals surface area contributed by atoms with Crippen LogP contribution in [0.4, 0.5) is 25.0 Å². The Morgan fingerprint density at radius 3 is 2.50 bits per heavy atom. The summed E-state index contributed by atoms with van der Waals surface area (Å²) >= 11 is 5.58. The van der Waals surface area contributed by atoms with E-state index in [4.69, 9.17) is 11.6 Å². The van der Waals surface area contributed by atoms with Gasteiger partial charge in [-0.1, -0.05) is 11.6 Å². The third kappa shape index (κ3) is 3.50. The molecule has 0 aromatic heterocycles. The van der Waals surface area contributed by atoms with Crippen molar-refractivity contribution in [2.45, 2.75) is 0 Å². The van der Waals surface area contributed by atoms with E-state index in [-0.39, 0.29) is 22.9 Å². The van der Waals surface area contributed by atoms with Gasteiger partial charge in [0.2, 0.25) is 11.8 Å². The smallest absolute Gasteiger partial charge is 0.328 e. The normalized spacial score (nSPS) is 17.0. The molecule has 1 unspecified atom stereocenters. The van der Waals surface area contributed by atoms with Crippen molar-refractivity contribution in [1.29, 1.82) is 0 Å². The highest BCUT2D eigenvalue weighted by atomic mass is 35.5. The molecule has 0 radical (unpaired) electrons. The van der Waals surface area contributed by atoms with Crippen LogP contribution in [0.15, 0.2) is 42.5 Å². The van der Waals surface area contributed by atoms with Crippen molar-refractivity contribution in [2.24, 2.45) is 5.92 Å². The molecule has 2 N–H and O–H groups in total. The van der Waals surface area contributed by atoms with E-state index in [2.05, 4.69) is 10.6 Å². The maximum atomic E-state index is 13.5. The number of urea groups is 1. The lowest BCUT2D eigenvalue weighted by atomic mass is 10.0. The number of imide groups is 1. The highest BCUT2D eigenvalue weighted by Gasteiger charge is 2.39. The summed E-state index contributed by atoms with van der Waals surface area (Å²) in [6.45, 7) is -0.211. The van der Waals surface area contributed by atoms with E-state index >= 15 is 0 Å². The fourth-order valence-corrected chi connectivity index (χ4v) is 2.57. The lowest BCUT2D eigenvalue weighted by Crippen LogP contribution is -2.58. The molecule has 0 spiro atoms. The third-order valence-corrected chi connectivity index (χ3v) is 4.07. The second kappa shape index (κ2) is 7.09. The van der Waals surface area contributed by atoms with Gasteiger partial charge in [0.1, 0.15) is 17.6 Å². The Labute approximate surface area is 151 Å². The third-order valence-electron chi connectivity index (χ3n) is 3.77. The first kappa shape index (κ1) is 17.8. The van der Waals surface area contributed by atoms with E-state index in [1.165, 1.54) is 24.3 Å². The molecular weight excluding hydrogens is 368 g/mol. The molecule has 1 aliphatic heterocycles. The van der Waals surface area contributed by atoms with Crippen LogP contribution in [-0.4, -0.2) is 24.4 Å². The van der Waals surface area contributed by atoms with Gasteiger partial charge in [0.25, 0.3) is 0 Å². The molecule has 1 aliphatic rings. The van der Waals surface area contributed by atoms with Gasteiger partial charge in [0, 0.05) is 12.2 Å². The second-order valence-corrected chi connectivity index (χ2v) is 5.91. The molecule has 2 aromatic rings. The number of amides is 4. The van der Waals surface area contributed by atoms with E-state index in [1.54, 1.807) is 0 Å². The summed E-state index contributed by atoms with van der Waals surface area (Å²) in [4.78, 5) is 37.7. The average Bonchev–Trinajstić information content (AvgIpc) is 2.60. The number of carbonyl (C=O) groups excluding carboxylic acids is 3. The van der Waals surface area contributed by atoms with Crippen LogP contribution in [0.5, 0.6) is 0 Å². The van der Waals surface area contributed by atoms with Crippen LogP contribution in [0.25, 0.3) is 0 Å². The molecule has 1 heterocycles. The SMILES string of the molecule is O=C(Nc1ccc(Cl)c(F)c1)C1CNC(=O)N(c2ccc(F)cc2)C1=O. The molecule has 134 valence electrons. The largest absolute Gasteiger partial charge is 0.336 e. The van der Waals surface area contributed by atoms with E-state index in [9.17, 15) is 23.2 Å². The Bertz CT molecular complexity index is 889. The van der Waals surface area contributed by atoms with Crippen LogP contribution in [-0.2, 0) is 9.59 Å². The van der Waals surface area contributed by atoms with E-state index in [0.29, 0.717) is 0 Å². The molecule has 9 heteroatoms. The van der Waals surface area contributed by atoms with Crippen molar-refractivity contribution in [3.8, 4) is 0 Å². The van der Waals surface area contributed by atoms with Crippen molar-refractivity contribution in [1.82, 2.24) is 5.32 Å². The van der Waals surface area contributed by atoms with Gasteiger partial charge in [-0.05, 0) is 42.5 Å². The van der Waals surface area contributed by atoms with E-state index in [1.807, 2.05) is 0 Å². The van der Waals surface area contributed by atoms with Crippen LogP contribution in [0.3, 0.4) is 0 Å².